The van der Waals surface area contributed by atoms with Crippen LogP contribution in [0.3, 0.4) is 0 Å². The zero-order chi connectivity index (χ0) is 11.4. The highest BCUT2D eigenvalue weighted by atomic mass is 16.4. The van der Waals surface area contributed by atoms with E-state index in [2.05, 4.69) is 5.32 Å². The van der Waals surface area contributed by atoms with Crippen molar-refractivity contribution in [2.75, 3.05) is 6.54 Å². The smallest absolute Gasteiger partial charge is 0.306 e. The summed E-state index contributed by atoms with van der Waals surface area (Å²) in [6.45, 7) is 0.918. The van der Waals surface area contributed by atoms with Crippen LogP contribution in [-0.4, -0.2) is 23.7 Å². The Bertz CT molecular complexity index is 236. The number of aliphatic carboxylic acids is 1. The topological polar surface area (TPSA) is 49.3 Å². The Labute approximate surface area is 97.6 Å². The predicted octanol–water partition coefficient (Wildman–Crippen LogP) is 2.41. The number of nitrogens with one attached hydrogen (secondary N) is 1. The summed E-state index contributed by atoms with van der Waals surface area (Å²) in [6.07, 6.45) is 9.68. The Balaban J connectivity index is 1.73. The van der Waals surface area contributed by atoms with E-state index >= 15 is 0 Å². The van der Waals surface area contributed by atoms with Crippen LogP contribution in [0.5, 0.6) is 0 Å². The van der Waals surface area contributed by atoms with Crippen LogP contribution in [0.25, 0.3) is 0 Å². The second-order valence-corrected chi connectivity index (χ2v) is 5.38. The summed E-state index contributed by atoms with van der Waals surface area (Å²) in [5.74, 6) is -0.302. The summed E-state index contributed by atoms with van der Waals surface area (Å²) < 4.78 is 0. The molecule has 0 bridgehead atoms. The minimum absolute atomic E-state index is 0.0870. The fraction of sp³-hybridized carbons (Fsp3) is 0.923. The number of hydrogen-bond acceptors (Lipinski definition) is 2. The molecule has 3 heteroatoms. The molecule has 2 atom stereocenters. The van der Waals surface area contributed by atoms with Crippen molar-refractivity contribution >= 4 is 5.97 Å². The SMILES string of the molecule is O=C(O)C1CCCC1CNC1CCCCC1. The first-order chi connectivity index (χ1) is 7.77. The monoisotopic (exact) mass is 225 g/mol. The minimum Gasteiger partial charge on any atom is -0.481 e. The van der Waals surface area contributed by atoms with Gasteiger partial charge in [0.05, 0.1) is 5.92 Å². The Morgan fingerprint density at radius 2 is 1.81 bits per heavy atom. The molecule has 0 spiro atoms. The molecule has 16 heavy (non-hydrogen) atoms. The van der Waals surface area contributed by atoms with E-state index in [1.807, 2.05) is 0 Å². The number of rotatable bonds is 4. The molecule has 0 aromatic carbocycles. The van der Waals surface area contributed by atoms with Crippen LogP contribution in [-0.2, 0) is 4.79 Å². The maximum Gasteiger partial charge on any atom is 0.306 e. The molecule has 2 N–H and O–H groups in total. The summed E-state index contributed by atoms with van der Waals surface area (Å²) in [5.41, 5.74) is 0. The van der Waals surface area contributed by atoms with E-state index in [4.69, 9.17) is 5.11 Å². The molecule has 92 valence electrons. The molecule has 0 aliphatic heterocycles. The number of carboxylic acid groups (broad SMARTS) is 1. The number of carboxylic acids is 1. The van der Waals surface area contributed by atoms with Crippen LogP contribution in [0, 0.1) is 11.8 Å². The summed E-state index contributed by atoms with van der Waals surface area (Å²) in [4.78, 5) is 11.0. The molecule has 2 fully saturated rings. The fourth-order valence-electron chi connectivity index (χ4n) is 3.23. The zero-order valence-corrected chi connectivity index (χ0v) is 9.95. The molecule has 0 heterocycles. The van der Waals surface area contributed by atoms with Crippen LogP contribution >= 0.6 is 0 Å². The van der Waals surface area contributed by atoms with Crippen LogP contribution < -0.4 is 5.32 Å². The molecular formula is C13H23NO2. The van der Waals surface area contributed by atoms with E-state index in [0.29, 0.717) is 12.0 Å². The fourth-order valence-corrected chi connectivity index (χ4v) is 3.23. The molecule has 2 aliphatic carbocycles. The standard InChI is InChI=1S/C13H23NO2/c15-13(16)12-8-4-5-10(12)9-14-11-6-2-1-3-7-11/h10-12,14H,1-9H2,(H,15,16). The Morgan fingerprint density at radius 3 is 2.50 bits per heavy atom. The maximum absolute atomic E-state index is 11.0. The first-order valence-corrected chi connectivity index (χ1v) is 6.73. The van der Waals surface area contributed by atoms with Crippen molar-refractivity contribution in [2.24, 2.45) is 11.8 Å². The third-order valence-electron chi connectivity index (χ3n) is 4.25. The van der Waals surface area contributed by atoms with Gasteiger partial charge in [-0.1, -0.05) is 25.7 Å². The first-order valence-electron chi connectivity index (χ1n) is 6.73. The second kappa shape index (κ2) is 5.67. The quantitative estimate of drug-likeness (QED) is 0.772. The van der Waals surface area contributed by atoms with Crippen LogP contribution in [0.15, 0.2) is 0 Å². The predicted molar refractivity (Wildman–Crippen MR) is 63.3 cm³/mol. The second-order valence-electron chi connectivity index (χ2n) is 5.38. The van der Waals surface area contributed by atoms with Gasteiger partial charge in [0, 0.05) is 6.04 Å². The van der Waals surface area contributed by atoms with Gasteiger partial charge in [-0.25, -0.2) is 0 Å². The van der Waals surface area contributed by atoms with Crippen LogP contribution in [0.4, 0.5) is 0 Å². The summed E-state index contributed by atoms with van der Waals surface area (Å²) in [7, 11) is 0. The van der Waals surface area contributed by atoms with E-state index in [1.54, 1.807) is 0 Å². The summed E-state index contributed by atoms with van der Waals surface area (Å²) >= 11 is 0. The number of carbonyl (C=O) groups is 1. The Morgan fingerprint density at radius 1 is 1.06 bits per heavy atom. The highest BCUT2D eigenvalue weighted by molar-refractivity contribution is 5.70. The van der Waals surface area contributed by atoms with Gasteiger partial charge >= 0.3 is 5.97 Å². The highest BCUT2D eigenvalue weighted by Gasteiger charge is 2.32. The van der Waals surface area contributed by atoms with Crippen molar-refractivity contribution < 1.29 is 9.90 Å². The summed E-state index contributed by atoms with van der Waals surface area (Å²) in [5, 5.41) is 12.7. The lowest BCUT2D eigenvalue weighted by molar-refractivity contribution is -0.142. The largest absolute Gasteiger partial charge is 0.481 e. The molecule has 0 amide bonds. The van der Waals surface area contributed by atoms with Crippen molar-refractivity contribution in [3.05, 3.63) is 0 Å². The van der Waals surface area contributed by atoms with E-state index in [-0.39, 0.29) is 5.92 Å². The third-order valence-corrected chi connectivity index (χ3v) is 4.25. The molecule has 2 unspecified atom stereocenters. The van der Waals surface area contributed by atoms with Gasteiger partial charge < -0.3 is 10.4 Å². The van der Waals surface area contributed by atoms with Gasteiger partial charge in [0.15, 0.2) is 0 Å². The molecule has 0 radical (unpaired) electrons. The normalized spacial score (nSPS) is 31.8. The molecule has 0 saturated heterocycles. The first kappa shape index (κ1) is 11.9. The van der Waals surface area contributed by atoms with Gasteiger partial charge in [-0.2, -0.15) is 0 Å². The van der Waals surface area contributed by atoms with Gasteiger partial charge in [0.2, 0.25) is 0 Å². The molecule has 3 nitrogen and oxygen atoms in total. The average Bonchev–Trinajstić information content (AvgIpc) is 2.76. The lowest BCUT2D eigenvalue weighted by Crippen LogP contribution is -2.37. The Kier molecular flexibility index (Phi) is 4.22. The molecule has 2 rings (SSSR count). The van der Waals surface area contributed by atoms with Gasteiger partial charge in [0.1, 0.15) is 0 Å². The van der Waals surface area contributed by atoms with Crippen LogP contribution in [0.2, 0.25) is 0 Å². The lowest BCUT2D eigenvalue weighted by atomic mass is 9.93. The molecule has 0 aromatic rings. The van der Waals surface area contributed by atoms with Crippen molar-refractivity contribution in [1.29, 1.82) is 0 Å². The van der Waals surface area contributed by atoms with E-state index in [1.165, 1.54) is 32.1 Å². The molecular weight excluding hydrogens is 202 g/mol. The van der Waals surface area contributed by atoms with Crippen molar-refractivity contribution in [3.8, 4) is 0 Å². The minimum atomic E-state index is -0.590. The maximum atomic E-state index is 11.0. The third kappa shape index (κ3) is 2.97. The van der Waals surface area contributed by atoms with E-state index in [9.17, 15) is 4.79 Å². The zero-order valence-electron chi connectivity index (χ0n) is 9.95. The number of hydrogen-bond donors (Lipinski definition) is 2. The Hall–Kier alpha value is -0.570. The molecule has 0 aromatic heterocycles. The van der Waals surface area contributed by atoms with Crippen molar-refractivity contribution in [1.82, 2.24) is 5.32 Å². The van der Waals surface area contributed by atoms with Crippen LogP contribution in [0.1, 0.15) is 51.4 Å². The molecule has 2 aliphatic rings. The van der Waals surface area contributed by atoms with E-state index < -0.39 is 5.97 Å². The summed E-state index contributed by atoms with van der Waals surface area (Å²) in [6, 6.07) is 0.656. The van der Waals surface area contributed by atoms with Crippen molar-refractivity contribution in [2.45, 2.75) is 57.4 Å². The van der Waals surface area contributed by atoms with Gasteiger partial charge in [0.25, 0.3) is 0 Å². The highest BCUT2D eigenvalue weighted by Crippen LogP contribution is 2.31. The average molecular weight is 225 g/mol. The molecule has 2 saturated carbocycles. The van der Waals surface area contributed by atoms with Gasteiger partial charge in [-0.3, -0.25) is 4.79 Å². The van der Waals surface area contributed by atoms with Gasteiger partial charge in [-0.05, 0) is 38.1 Å². The lowest BCUT2D eigenvalue weighted by Gasteiger charge is -2.25. The van der Waals surface area contributed by atoms with E-state index in [0.717, 1.165) is 25.8 Å². The van der Waals surface area contributed by atoms with Gasteiger partial charge in [-0.15, -0.1) is 0 Å². The van der Waals surface area contributed by atoms with Crippen molar-refractivity contribution in [3.63, 3.8) is 0 Å².